The number of pyridine rings is 1. The van der Waals surface area contributed by atoms with E-state index in [0.29, 0.717) is 17.2 Å². The maximum absolute atomic E-state index is 11.1. The zero-order valence-corrected chi connectivity index (χ0v) is 11.9. The van der Waals surface area contributed by atoms with Crippen molar-refractivity contribution < 1.29 is 9.90 Å². The van der Waals surface area contributed by atoms with Crippen molar-refractivity contribution in [3.63, 3.8) is 0 Å². The highest BCUT2D eigenvalue weighted by Crippen LogP contribution is 2.31. The number of hydrogen-bond donors (Lipinski definition) is 2. The fourth-order valence-corrected chi connectivity index (χ4v) is 3.12. The first kappa shape index (κ1) is 12.9. The number of carbonyl (C=O) groups is 1. The lowest BCUT2D eigenvalue weighted by Crippen LogP contribution is -2.00. The summed E-state index contributed by atoms with van der Waals surface area (Å²) >= 11 is 0. The van der Waals surface area contributed by atoms with Gasteiger partial charge in [0.05, 0.1) is 5.56 Å². The van der Waals surface area contributed by atoms with E-state index in [4.69, 9.17) is 10.8 Å². The summed E-state index contributed by atoms with van der Waals surface area (Å²) in [7, 11) is 0. The number of anilines is 1. The minimum Gasteiger partial charge on any atom is -0.478 e. The Hall–Kier alpha value is -2.82. The normalized spacial score (nSPS) is 13.5. The number of imidazole rings is 1. The van der Waals surface area contributed by atoms with Gasteiger partial charge < -0.3 is 10.8 Å². The molecule has 2 aromatic heterocycles. The van der Waals surface area contributed by atoms with Gasteiger partial charge in [0, 0.05) is 11.8 Å². The van der Waals surface area contributed by atoms with Gasteiger partial charge in [-0.25, -0.2) is 9.78 Å². The second-order valence-electron chi connectivity index (χ2n) is 5.63. The first-order valence-electron chi connectivity index (χ1n) is 7.26. The highest BCUT2D eigenvalue weighted by molar-refractivity contribution is 5.88. The van der Waals surface area contributed by atoms with Crippen molar-refractivity contribution in [1.82, 2.24) is 9.38 Å². The van der Waals surface area contributed by atoms with Crippen LogP contribution in [0.5, 0.6) is 0 Å². The van der Waals surface area contributed by atoms with Crippen LogP contribution in [0, 0.1) is 0 Å². The van der Waals surface area contributed by atoms with Crippen LogP contribution in [0.4, 0.5) is 5.82 Å². The van der Waals surface area contributed by atoms with Crippen LogP contribution in [0.15, 0.2) is 36.5 Å². The second-order valence-corrected chi connectivity index (χ2v) is 5.63. The molecule has 0 radical (unpaired) electrons. The van der Waals surface area contributed by atoms with Gasteiger partial charge in [0.25, 0.3) is 0 Å². The molecule has 0 saturated carbocycles. The predicted octanol–water partition coefficient (Wildman–Crippen LogP) is 2.77. The molecule has 3 N–H and O–H groups in total. The molecule has 3 aromatic rings. The second kappa shape index (κ2) is 4.59. The number of aromatic carboxylic acids is 1. The summed E-state index contributed by atoms with van der Waals surface area (Å²) in [6, 6.07) is 9.55. The van der Waals surface area contributed by atoms with Gasteiger partial charge >= 0.3 is 5.97 Å². The van der Waals surface area contributed by atoms with Crippen LogP contribution in [-0.4, -0.2) is 20.5 Å². The van der Waals surface area contributed by atoms with Crippen molar-refractivity contribution in [1.29, 1.82) is 0 Å². The fourth-order valence-electron chi connectivity index (χ4n) is 3.12. The lowest BCUT2D eigenvalue weighted by atomic mass is 10.0. The molecule has 0 amide bonds. The van der Waals surface area contributed by atoms with Gasteiger partial charge in [-0.3, -0.25) is 4.40 Å². The number of nitrogen functional groups attached to an aromatic ring is 1. The predicted molar refractivity (Wildman–Crippen MR) is 84.0 cm³/mol. The maximum atomic E-state index is 11.1. The van der Waals surface area contributed by atoms with E-state index in [2.05, 4.69) is 17.1 Å². The lowest BCUT2D eigenvalue weighted by molar-refractivity contribution is 0.0696. The van der Waals surface area contributed by atoms with Crippen LogP contribution < -0.4 is 5.73 Å². The van der Waals surface area contributed by atoms with E-state index >= 15 is 0 Å². The number of nitrogens with zero attached hydrogens (tertiary/aromatic N) is 2. The van der Waals surface area contributed by atoms with Crippen molar-refractivity contribution in [3.05, 3.63) is 53.2 Å². The van der Waals surface area contributed by atoms with Crippen molar-refractivity contribution >= 4 is 17.4 Å². The third-order valence-corrected chi connectivity index (χ3v) is 4.27. The molecule has 4 rings (SSSR count). The van der Waals surface area contributed by atoms with Crippen molar-refractivity contribution in [2.45, 2.75) is 19.3 Å². The highest BCUT2D eigenvalue weighted by Gasteiger charge is 2.16. The van der Waals surface area contributed by atoms with Crippen molar-refractivity contribution in [2.24, 2.45) is 0 Å². The lowest BCUT2D eigenvalue weighted by Gasteiger charge is -2.03. The van der Waals surface area contributed by atoms with Crippen LogP contribution in [0.2, 0.25) is 0 Å². The number of rotatable bonds is 2. The molecule has 0 atom stereocenters. The molecule has 110 valence electrons. The third kappa shape index (κ3) is 1.86. The van der Waals surface area contributed by atoms with Gasteiger partial charge in [-0.15, -0.1) is 0 Å². The largest absolute Gasteiger partial charge is 0.478 e. The average Bonchev–Trinajstić information content (AvgIpc) is 3.11. The van der Waals surface area contributed by atoms with E-state index in [1.807, 2.05) is 6.07 Å². The third-order valence-electron chi connectivity index (χ3n) is 4.27. The molecule has 0 bridgehead atoms. The molecule has 0 saturated heterocycles. The van der Waals surface area contributed by atoms with Gasteiger partial charge in [0.2, 0.25) is 0 Å². The number of carboxylic acid groups (broad SMARTS) is 1. The molecule has 1 aliphatic carbocycles. The Morgan fingerprint density at radius 2 is 2.00 bits per heavy atom. The van der Waals surface area contributed by atoms with E-state index < -0.39 is 5.97 Å². The Balaban J connectivity index is 1.88. The number of hydrogen-bond acceptors (Lipinski definition) is 3. The molecule has 5 nitrogen and oxygen atoms in total. The molecule has 1 aliphatic rings. The molecule has 0 spiro atoms. The molecule has 1 aromatic carbocycles. The standard InChI is InChI=1S/C17H15N3O2/c18-16-15(12-5-4-10-2-1-3-11(10)8-12)19-14-7-6-13(17(21)22)9-20(14)16/h4-9H,1-3,18H2,(H,21,22). The number of nitrogens with two attached hydrogens (primary N) is 1. The fraction of sp³-hybridized carbons (Fsp3) is 0.176. The van der Waals surface area contributed by atoms with Gasteiger partial charge in [-0.1, -0.05) is 12.1 Å². The molecule has 0 aliphatic heterocycles. The Labute approximate surface area is 127 Å². The Kier molecular flexibility index (Phi) is 2.69. The Bertz CT molecular complexity index is 912. The summed E-state index contributed by atoms with van der Waals surface area (Å²) in [6.45, 7) is 0. The number of aromatic nitrogens is 2. The summed E-state index contributed by atoms with van der Waals surface area (Å²) in [5, 5.41) is 9.09. The molecular weight excluding hydrogens is 278 g/mol. The number of aryl methyl sites for hydroxylation is 2. The monoisotopic (exact) mass is 293 g/mol. The average molecular weight is 293 g/mol. The highest BCUT2D eigenvalue weighted by atomic mass is 16.4. The van der Waals surface area contributed by atoms with E-state index in [-0.39, 0.29) is 5.56 Å². The Morgan fingerprint density at radius 1 is 1.18 bits per heavy atom. The van der Waals surface area contributed by atoms with Gasteiger partial charge in [0.15, 0.2) is 0 Å². The minimum atomic E-state index is -0.978. The molecule has 0 fully saturated rings. The molecular formula is C17H15N3O2. The molecule has 5 heteroatoms. The van der Waals surface area contributed by atoms with Crippen LogP contribution in [0.25, 0.3) is 16.9 Å². The van der Waals surface area contributed by atoms with Crippen LogP contribution in [0.1, 0.15) is 27.9 Å². The van der Waals surface area contributed by atoms with Crippen LogP contribution in [-0.2, 0) is 12.8 Å². The zero-order valence-electron chi connectivity index (χ0n) is 11.9. The molecule has 22 heavy (non-hydrogen) atoms. The topological polar surface area (TPSA) is 80.6 Å². The number of fused-ring (bicyclic) bond motifs is 2. The van der Waals surface area contributed by atoms with E-state index in [1.54, 1.807) is 10.5 Å². The van der Waals surface area contributed by atoms with Crippen molar-refractivity contribution in [2.75, 3.05) is 5.73 Å². The SMILES string of the molecule is Nc1c(-c2ccc3c(c2)CCC3)nc2ccc(C(=O)O)cn12. The van der Waals surface area contributed by atoms with Gasteiger partial charge in [0.1, 0.15) is 17.2 Å². The quantitative estimate of drug-likeness (QED) is 0.761. The van der Waals surface area contributed by atoms with Crippen LogP contribution in [0.3, 0.4) is 0 Å². The summed E-state index contributed by atoms with van der Waals surface area (Å²) in [5.41, 5.74) is 11.5. The summed E-state index contributed by atoms with van der Waals surface area (Å²) < 4.78 is 1.63. The Morgan fingerprint density at radius 3 is 2.82 bits per heavy atom. The molecule has 0 unspecified atom stereocenters. The van der Waals surface area contributed by atoms with E-state index in [1.165, 1.54) is 29.8 Å². The number of benzene rings is 1. The van der Waals surface area contributed by atoms with Crippen molar-refractivity contribution in [3.8, 4) is 11.3 Å². The first-order chi connectivity index (χ1) is 10.6. The zero-order chi connectivity index (χ0) is 15.3. The van der Waals surface area contributed by atoms with Gasteiger partial charge in [-0.05, 0) is 48.6 Å². The summed E-state index contributed by atoms with van der Waals surface area (Å²) in [6.07, 6.45) is 4.94. The minimum absolute atomic E-state index is 0.192. The molecule has 2 heterocycles. The first-order valence-corrected chi connectivity index (χ1v) is 7.26. The smallest absolute Gasteiger partial charge is 0.337 e. The van der Waals surface area contributed by atoms with E-state index in [9.17, 15) is 4.79 Å². The number of carboxylic acids is 1. The summed E-state index contributed by atoms with van der Waals surface area (Å²) in [4.78, 5) is 15.6. The summed E-state index contributed by atoms with van der Waals surface area (Å²) in [5.74, 6) is -0.509. The maximum Gasteiger partial charge on any atom is 0.337 e. The van der Waals surface area contributed by atoms with Crippen LogP contribution >= 0.6 is 0 Å². The van der Waals surface area contributed by atoms with E-state index in [0.717, 1.165) is 18.4 Å². The van der Waals surface area contributed by atoms with Gasteiger partial charge in [-0.2, -0.15) is 0 Å².